The molecular formula is C14H21N4OS+. The van der Waals surface area contributed by atoms with Crippen LogP contribution < -0.4 is 15.8 Å². The summed E-state index contributed by atoms with van der Waals surface area (Å²) in [7, 11) is 0. The van der Waals surface area contributed by atoms with Gasteiger partial charge in [0, 0.05) is 11.8 Å². The number of aromatic nitrogens is 2. The van der Waals surface area contributed by atoms with Gasteiger partial charge in [-0.3, -0.25) is 4.79 Å². The molecule has 5 nitrogen and oxygen atoms in total. The van der Waals surface area contributed by atoms with Crippen molar-refractivity contribution in [2.45, 2.75) is 62.1 Å². The van der Waals surface area contributed by atoms with E-state index in [0.29, 0.717) is 5.25 Å². The van der Waals surface area contributed by atoms with Crippen LogP contribution in [-0.2, 0) is 13.1 Å². The van der Waals surface area contributed by atoms with Gasteiger partial charge in [-0.2, -0.15) is 4.98 Å². The summed E-state index contributed by atoms with van der Waals surface area (Å²) in [5.41, 5.74) is 0.882. The second kappa shape index (κ2) is 4.77. The van der Waals surface area contributed by atoms with Crippen molar-refractivity contribution in [1.82, 2.24) is 9.55 Å². The minimum Gasteiger partial charge on any atom is -0.324 e. The summed E-state index contributed by atoms with van der Waals surface area (Å²) in [6.07, 6.45) is 5.30. The van der Waals surface area contributed by atoms with Gasteiger partial charge < -0.3 is 14.8 Å². The molecule has 1 fully saturated rings. The number of fused-ring (bicyclic) bond motifs is 3. The first-order valence-corrected chi connectivity index (χ1v) is 8.49. The molecule has 6 heteroatoms. The number of nitrogens with zero attached hydrogens (tertiary/aromatic N) is 2. The molecule has 0 aromatic carbocycles. The third-order valence-corrected chi connectivity index (χ3v) is 5.88. The fraction of sp³-hybridized carbons (Fsp3) is 0.714. The van der Waals surface area contributed by atoms with E-state index in [1.54, 1.807) is 11.8 Å². The van der Waals surface area contributed by atoms with E-state index in [4.69, 9.17) is 0 Å². The molecule has 1 aliphatic carbocycles. The van der Waals surface area contributed by atoms with Gasteiger partial charge in [-0.05, 0) is 25.7 Å². The first-order valence-electron chi connectivity index (χ1n) is 7.61. The molecule has 0 radical (unpaired) electrons. The maximum Gasteiger partial charge on any atom is 0.284 e. The van der Waals surface area contributed by atoms with Crippen molar-refractivity contribution < 1.29 is 4.90 Å². The van der Waals surface area contributed by atoms with E-state index < -0.39 is 0 Å². The number of nitrogens with one attached hydrogen (secondary N) is 2. The van der Waals surface area contributed by atoms with Crippen molar-refractivity contribution in [3.8, 4) is 0 Å². The monoisotopic (exact) mass is 293 g/mol. The lowest BCUT2D eigenvalue weighted by Gasteiger charge is -2.31. The van der Waals surface area contributed by atoms with Crippen molar-refractivity contribution in [2.75, 3.05) is 12.0 Å². The maximum atomic E-state index is 12.3. The van der Waals surface area contributed by atoms with Crippen LogP contribution in [0.15, 0.2) is 9.95 Å². The van der Waals surface area contributed by atoms with Crippen LogP contribution >= 0.6 is 11.8 Å². The van der Waals surface area contributed by atoms with Crippen LogP contribution in [0.3, 0.4) is 0 Å². The Kier molecular flexibility index (Phi) is 3.03. The highest BCUT2D eigenvalue weighted by atomic mass is 32.2. The van der Waals surface area contributed by atoms with Crippen molar-refractivity contribution in [1.29, 1.82) is 0 Å². The summed E-state index contributed by atoms with van der Waals surface area (Å²) >= 11 is 1.71. The van der Waals surface area contributed by atoms with E-state index in [2.05, 4.69) is 21.8 Å². The molecule has 1 saturated carbocycles. The lowest BCUT2D eigenvalue weighted by Crippen LogP contribution is -3.16. The Bertz CT molecular complexity index is 594. The summed E-state index contributed by atoms with van der Waals surface area (Å²) in [5, 5.41) is 4.92. The molecule has 108 valence electrons. The van der Waals surface area contributed by atoms with Gasteiger partial charge in [0.05, 0.1) is 6.04 Å². The van der Waals surface area contributed by atoms with Crippen LogP contribution in [0.25, 0.3) is 0 Å². The van der Waals surface area contributed by atoms with E-state index in [1.807, 2.05) is 0 Å². The molecule has 0 spiro atoms. The smallest absolute Gasteiger partial charge is 0.284 e. The van der Waals surface area contributed by atoms with E-state index >= 15 is 0 Å². The number of hydrogen-bond acceptors (Lipinski definition) is 4. The zero-order valence-corrected chi connectivity index (χ0v) is 12.6. The highest BCUT2D eigenvalue weighted by Gasteiger charge is 2.34. The average Bonchev–Trinajstić information content (AvgIpc) is 3.07. The molecule has 3 heterocycles. The Morgan fingerprint density at radius 3 is 3.00 bits per heavy atom. The lowest BCUT2D eigenvalue weighted by molar-refractivity contribution is -0.936. The topological polar surface area (TPSA) is 51.4 Å². The fourth-order valence-corrected chi connectivity index (χ4v) is 4.79. The summed E-state index contributed by atoms with van der Waals surface area (Å²) < 4.78 is 2.21. The molecule has 1 aromatic heterocycles. The van der Waals surface area contributed by atoms with Gasteiger partial charge in [0.15, 0.2) is 11.8 Å². The van der Waals surface area contributed by atoms with Crippen molar-refractivity contribution in [2.24, 2.45) is 0 Å². The lowest BCUT2D eigenvalue weighted by atomic mass is 10.1. The Morgan fingerprint density at radius 1 is 1.40 bits per heavy atom. The van der Waals surface area contributed by atoms with Gasteiger partial charge in [0.1, 0.15) is 17.9 Å². The third kappa shape index (κ3) is 1.97. The van der Waals surface area contributed by atoms with E-state index in [9.17, 15) is 4.79 Å². The summed E-state index contributed by atoms with van der Waals surface area (Å²) in [5.74, 6) is 1.04. The highest BCUT2D eigenvalue weighted by molar-refractivity contribution is 7.99. The quantitative estimate of drug-likeness (QED) is 0.738. The molecule has 2 N–H and O–H groups in total. The van der Waals surface area contributed by atoms with Crippen molar-refractivity contribution >= 4 is 17.6 Å². The summed E-state index contributed by atoms with van der Waals surface area (Å²) in [6.45, 7) is 4.94. The molecule has 1 aromatic rings. The zero-order chi connectivity index (χ0) is 13.7. The first kappa shape index (κ1) is 12.7. The first-order chi connectivity index (χ1) is 9.72. The minimum atomic E-state index is -0.0180. The second-order valence-electron chi connectivity index (χ2n) is 6.24. The number of hydrogen-bond donors (Lipinski definition) is 2. The number of anilines is 1. The summed E-state index contributed by atoms with van der Waals surface area (Å²) in [6, 6.07) is 0.724. The molecule has 0 amide bonds. The van der Waals surface area contributed by atoms with E-state index in [0.717, 1.165) is 42.3 Å². The average molecular weight is 293 g/mol. The predicted molar refractivity (Wildman–Crippen MR) is 79.2 cm³/mol. The van der Waals surface area contributed by atoms with Gasteiger partial charge in [0.25, 0.3) is 5.56 Å². The van der Waals surface area contributed by atoms with Crippen LogP contribution in [0.4, 0.5) is 5.82 Å². The molecule has 0 bridgehead atoms. The molecule has 0 saturated heterocycles. The number of rotatable bonds is 1. The highest BCUT2D eigenvalue weighted by Crippen LogP contribution is 2.33. The van der Waals surface area contributed by atoms with Crippen molar-refractivity contribution in [3.05, 3.63) is 15.9 Å². The van der Waals surface area contributed by atoms with Crippen LogP contribution in [0.5, 0.6) is 0 Å². The van der Waals surface area contributed by atoms with E-state index in [1.165, 1.54) is 30.6 Å². The predicted octanol–water partition coefficient (Wildman–Crippen LogP) is 0.448. The van der Waals surface area contributed by atoms with Gasteiger partial charge in [-0.1, -0.05) is 18.7 Å². The number of thioether (sulfide) groups is 1. The summed E-state index contributed by atoms with van der Waals surface area (Å²) in [4.78, 5) is 18.1. The van der Waals surface area contributed by atoms with Crippen LogP contribution in [0.2, 0.25) is 0 Å². The van der Waals surface area contributed by atoms with Gasteiger partial charge >= 0.3 is 0 Å². The molecule has 2 aliphatic heterocycles. The van der Waals surface area contributed by atoms with Gasteiger partial charge in [0.2, 0.25) is 0 Å². The van der Waals surface area contributed by atoms with Crippen molar-refractivity contribution in [3.63, 3.8) is 0 Å². The van der Waals surface area contributed by atoms with Gasteiger partial charge in [-0.15, -0.1) is 0 Å². The Hall–Kier alpha value is -1.01. The largest absolute Gasteiger partial charge is 0.324 e. The molecule has 4 rings (SSSR count). The molecule has 20 heavy (non-hydrogen) atoms. The molecule has 1 unspecified atom stereocenters. The van der Waals surface area contributed by atoms with E-state index in [-0.39, 0.29) is 5.56 Å². The minimum absolute atomic E-state index is 0.0180. The SMILES string of the molecule is C[C@@H]1Cn2c(nc(=O)c3c2NC[NH+](C2CCCC2)C3)S1. The second-order valence-corrected chi connectivity index (χ2v) is 7.64. The maximum absolute atomic E-state index is 12.3. The standard InChI is InChI=1S/C14H20N4OS/c1-9-6-18-12-11(13(19)16-14(18)20-9)7-17(8-15-12)10-4-2-3-5-10/h9-10,15H,2-8H2,1H3/p+1/t9-/m1/s1. The van der Waals surface area contributed by atoms with Crippen LogP contribution in [0.1, 0.15) is 38.2 Å². The van der Waals surface area contributed by atoms with Crippen LogP contribution in [-0.4, -0.2) is 27.5 Å². The van der Waals surface area contributed by atoms with Crippen LogP contribution in [0, 0.1) is 0 Å². The zero-order valence-electron chi connectivity index (χ0n) is 11.8. The van der Waals surface area contributed by atoms with Gasteiger partial charge in [-0.25, -0.2) is 0 Å². The number of quaternary nitrogens is 1. The Morgan fingerprint density at radius 2 is 2.20 bits per heavy atom. The Balaban J connectivity index is 1.69. The third-order valence-electron chi connectivity index (χ3n) is 4.81. The molecular weight excluding hydrogens is 272 g/mol. The molecule has 3 aliphatic rings. The normalized spacial score (nSPS) is 29.1. The fourth-order valence-electron chi connectivity index (χ4n) is 3.78. The Labute approximate surface area is 122 Å². The molecule has 2 atom stereocenters.